The van der Waals surface area contributed by atoms with E-state index in [-0.39, 0.29) is 5.82 Å². The predicted molar refractivity (Wildman–Crippen MR) is 101 cm³/mol. The lowest BCUT2D eigenvalue weighted by Gasteiger charge is -2.12. The van der Waals surface area contributed by atoms with E-state index in [1.807, 2.05) is 19.9 Å². The number of ether oxygens (including phenoxy) is 3. The molecule has 1 N–H and O–H groups in total. The van der Waals surface area contributed by atoms with Crippen LogP contribution in [0.3, 0.4) is 0 Å². The highest BCUT2D eigenvalue weighted by atomic mass is 16.5. The van der Waals surface area contributed by atoms with Gasteiger partial charge in [0.05, 0.1) is 27.5 Å². The molecule has 0 aliphatic heterocycles. The van der Waals surface area contributed by atoms with Crippen molar-refractivity contribution in [2.45, 2.75) is 13.8 Å². The van der Waals surface area contributed by atoms with Crippen LogP contribution in [0.4, 0.5) is 0 Å². The van der Waals surface area contributed by atoms with Gasteiger partial charge in [-0.3, -0.25) is 4.79 Å². The molecular formula is C18H20N6O4. The minimum absolute atomic E-state index is 0.0248. The Labute approximate surface area is 161 Å². The number of nitrogens with one attached hydrogen (secondary N) is 1. The second kappa shape index (κ2) is 7.91. The molecule has 2 aromatic heterocycles. The highest BCUT2D eigenvalue weighted by Gasteiger charge is 2.15. The van der Waals surface area contributed by atoms with E-state index in [0.29, 0.717) is 28.6 Å². The summed E-state index contributed by atoms with van der Waals surface area (Å²) in [5, 5.41) is 8.11. The lowest BCUT2D eigenvalue weighted by molar-refractivity contribution is 0.0945. The van der Waals surface area contributed by atoms with Crippen LogP contribution in [0, 0.1) is 13.8 Å². The van der Waals surface area contributed by atoms with Crippen molar-refractivity contribution >= 4 is 17.9 Å². The predicted octanol–water partition coefficient (Wildman–Crippen LogP) is 1.53. The van der Waals surface area contributed by atoms with E-state index in [2.05, 4.69) is 25.6 Å². The summed E-state index contributed by atoms with van der Waals surface area (Å²) in [6.07, 6.45) is 1.45. The fraction of sp³-hybridized carbons (Fsp3) is 0.278. The first kappa shape index (κ1) is 19.1. The highest BCUT2D eigenvalue weighted by molar-refractivity contribution is 5.92. The molecule has 146 valence electrons. The Kier molecular flexibility index (Phi) is 5.39. The van der Waals surface area contributed by atoms with Crippen molar-refractivity contribution in [3.8, 4) is 17.2 Å². The molecule has 0 radical (unpaired) electrons. The van der Waals surface area contributed by atoms with Crippen LogP contribution in [-0.4, -0.2) is 53.0 Å². The van der Waals surface area contributed by atoms with Crippen molar-refractivity contribution in [2.24, 2.45) is 5.10 Å². The Balaban J connectivity index is 1.79. The molecule has 0 atom stereocenters. The monoisotopic (exact) mass is 384 g/mol. The van der Waals surface area contributed by atoms with Crippen molar-refractivity contribution in [3.63, 3.8) is 0 Å². The van der Waals surface area contributed by atoms with Crippen LogP contribution in [0.2, 0.25) is 0 Å². The molecule has 2 heterocycles. The normalized spacial score (nSPS) is 11.0. The summed E-state index contributed by atoms with van der Waals surface area (Å²) in [4.78, 5) is 20.7. The van der Waals surface area contributed by atoms with Gasteiger partial charge in [-0.25, -0.2) is 14.9 Å². The second-order valence-corrected chi connectivity index (χ2v) is 5.84. The largest absolute Gasteiger partial charge is 0.493 e. The second-order valence-electron chi connectivity index (χ2n) is 5.84. The summed E-state index contributed by atoms with van der Waals surface area (Å²) < 4.78 is 17.4. The average Bonchev–Trinajstić information content (AvgIpc) is 3.11. The number of carbonyl (C=O) groups is 1. The van der Waals surface area contributed by atoms with E-state index in [1.54, 1.807) is 12.1 Å². The van der Waals surface area contributed by atoms with Crippen LogP contribution < -0.4 is 19.6 Å². The minimum atomic E-state index is -0.550. The number of carbonyl (C=O) groups excluding carboxylic acids is 1. The summed E-state index contributed by atoms with van der Waals surface area (Å²) in [5.74, 6) is 1.21. The Morgan fingerprint density at radius 1 is 1.07 bits per heavy atom. The smallest absolute Gasteiger partial charge is 0.311 e. The van der Waals surface area contributed by atoms with Crippen LogP contribution in [0.25, 0.3) is 5.78 Å². The number of benzene rings is 1. The molecule has 0 spiro atoms. The third kappa shape index (κ3) is 3.70. The standard InChI is InChI=1S/C18H20N6O4/c1-10-6-11(2)24-18(20-10)21-16(23-24)17(25)22-19-9-12-7-13(26-3)15(28-5)14(8-12)27-4/h6-9H,1-5H3,(H,22,25). The van der Waals surface area contributed by atoms with Gasteiger partial charge in [-0.05, 0) is 32.0 Å². The third-order valence-electron chi connectivity index (χ3n) is 3.89. The zero-order chi connectivity index (χ0) is 20.3. The first-order valence-corrected chi connectivity index (χ1v) is 8.31. The Morgan fingerprint density at radius 2 is 1.75 bits per heavy atom. The highest BCUT2D eigenvalue weighted by Crippen LogP contribution is 2.37. The number of fused-ring (bicyclic) bond motifs is 1. The number of aromatic nitrogens is 4. The lowest BCUT2D eigenvalue weighted by Crippen LogP contribution is -2.19. The molecule has 0 fully saturated rings. The SMILES string of the molecule is COc1cc(C=NNC(=O)c2nc3nc(C)cc(C)n3n2)cc(OC)c1OC. The van der Waals surface area contributed by atoms with Gasteiger partial charge in [0, 0.05) is 17.0 Å². The molecule has 1 aromatic carbocycles. The maximum absolute atomic E-state index is 12.3. The van der Waals surface area contributed by atoms with Crippen LogP contribution in [0.5, 0.6) is 17.2 Å². The topological polar surface area (TPSA) is 112 Å². The molecule has 0 aliphatic rings. The maximum Gasteiger partial charge on any atom is 0.311 e. The van der Waals surface area contributed by atoms with Crippen LogP contribution in [0.1, 0.15) is 27.6 Å². The molecule has 28 heavy (non-hydrogen) atoms. The molecule has 10 heteroatoms. The first-order valence-electron chi connectivity index (χ1n) is 8.31. The number of aryl methyl sites for hydroxylation is 2. The van der Waals surface area contributed by atoms with Crippen molar-refractivity contribution in [3.05, 3.63) is 41.0 Å². The van der Waals surface area contributed by atoms with Crippen molar-refractivity contribution in [1.29, 1.82) is 0 Å². The molecule has 1 amide bonds. The molecule has 0 bridgehead atoms. The van der Waals surface area contributed by atoms with E-state index in [9.17, 15) is 4.79 Å². The van der Waals surface area contributed by atoms with E-state index in [1.165, 1.54) is 32.1 Å². The number of nitrogens with zero attached hydrogens (tertiary/aromatic N) is 5. The van der Waals surface area contributed by atoms with Crippen LogP contribution in [0.15, 0.2) is 23.3 Å². The molecule has 3 aromatic rings. The van der Waals surface area contributed by atoms with E-state index in [4.69, 9.17) is 14.2 Å². The molecule has 0 saturated heterocycles. The van der Waals surface area contributed by atoms with Gasteiger partial charge in [-0.2, -0.15) is 10.1 Å². The number of hydrazone groups is 1. The summed E-state index contributed by atoms with van der Waals surface area (Å²) >= 11 is 0. The van der Waals surface area contributed by atoms with E-state index in [0.717, 1.165) is 11.4 Å². The minimum Gasteiger partial charge on any atom is -0.493 e. The molecule has 0 unspecified atom stereocenters. The number of hydrogen-bond acceptors (Lipinski definition) is 8. The summed E-state index contributed by atoms with van der Waals surface area (Å²) in [7, 11) is 4.56. The van der Waals surface area contributed by atoms with Crippen molar-refractivity contribution in [2.75, 3.05) is 21.3 Å². The van der Waals surface area contributed by atoms with Crippen LogP contribution in [-0.2, 0) is 0 Å². The van der Waals surface area contributed by atoms with E-state index >= 15 is 0 Å². The van der Waals surface area contributed by atoms with Gasteiger partial charge in [-0.15, -0.1) is 5.10 Å². The molecule has 0 aliphatic carbocycles. The summed E-state index contributed by atoms with van der Waals surface area (Å²) in [5.41, 5.74) is 4.67. The molecule has 10 nitrogen and oxygen atoms in total. The number of methoxy groups -OCH3 is 3. The first-order chi connectivity index (χ1) is 13.5. The number of hydrogen-bond donors (Lipinski definition) is 1. The third-order valence-corrected chi connectivity index (χ3v) is 3.89. The molecule has 3 rings (SSSR count). The average molecular weight is 384 g/mol. The van der Waals surface area contributed by atoms with Gasteiger partial charge in [0.15, 0.2) is 11.5 Å². The van der Waals surface area contributed by atoms with Gasteiger partial charge >= 0.3 is 5.91 Å². The van der Waals surface area contributed by atoms with Crippen molar-refractivity contribution < 1.29 is 19.0 Å². The zero-order valence-electron chi connectivity index (χ0n) is 16.2. The van der Waals surface area contributed by atoms with E-state index < -0.39 is 5.91 Å². The number of amides is 1. The van der Waals surface area contributed by atoms with Gasteiger partial charge in [-0.1, -0.05) is 0 Å². The summed E-state index contributed by atoms with van der Waals surface area (Å²) in [6.45, 7) is 3.71. The quantitative estimate of drug-likeness (QED) is 0.506. The Morgan fingerprint density at radius 3 is 2.36 bits per heavy atom. The summed E-state index contributed by atoms with van der Waals surface area (Å²) in [6, 6.07) is 5.26. The Bertz CT molecular complexity index is 1030. The fourth-order valence-electron chi connectivity index (χ4n) is 2.65. The molecular weight excluding hydrogens is 364 g/mol. The number of rotatable bonds is 6. The lowest BCUT2D eigenvalue weighted by atomic mass is 10.2. The van der Waals surface area contributed by atoms with Crippen LogP contribution >= 0.6 is 0 Å². The van der Waals surface area contributed by atoms with Gasteiger partial charge < -0.3 is 14.2 Å². The van der Waals surface area contributed by atoms with Gasteiger partial charge in [0.2, 0.25) is 11.6 Å². The fourth-order valence-corrected chi connectivity index (χ4v) is 2.65. The Hall–Kier alpha value is -3.69. The van der Waals surface area contributed by atoms with Gasteiger partial charge in [0.1, 0.15) is 0 Å². The maximum atomic E-state index is 12.3. The zero-order valence-corrected chi connectivity index (χ0v) is 16.2. The molecule has 0 saturated carbocycles. The van der Waals surface area contributed by atoms with Crippen molar-refractivity contribution in [1.82, 2.24) is 25.0 Å². The van der Waals surface area contributed by atoms with Gasteiger partial charge in [0.25, 0.3) is 5.78 Å².